The lowest BCUT2D eigenvalue weighted by atomic mass is 9.96. The van der Waals surface area contributed by atoms with Crippen LogP contribution in [0.25, 0.3) is 11.1 Å². The van der Waals surface area contributed by atoms with E-state index in [1.54, 1.807) is 0 Å². The molecule has 0 fully saturated rings. The molecule has 2 heteroatoms. The monoisotopic (exact) mass is 268 g/mol. The predicted molar refractivity (Wildman–Crippen MR) is 80.8 cm³/mol. The molecule has 3 rings (SSSR count). The number of fused-ring (bicyclic) bond motifs is 3. The first-order chi connectivity index (χ1) is 9.86. The summed E-state index contributed by atoms with van der Waals surface area (Å²) in [6, 6.07) is 17.1. The van der Waals surface area contributed by atoms with Gasteiger partial charge in [0.25, 0.3) is 0 Å². The SMILES string of the molecule is CCOC(OCC)C1c2ccccc2-c2ccccc21. The molecule has 0 bridgehead atoms. The van der Waals surface area contributed by atoms with Gasteiger partial charge in [-0.2, -0.15) is 0 Å². The number of hydrogen-bond acceptors (Lipinski definition) is 2. The molecule has 0 aromatic heterocycles. The second-order valence-corrected chi connectivity index (χ2v) is 4.93. The Balaban J connectivity index is 2.10. The van der Waals surface area contributed by atoms with Crippen LogP contribution in [0.5, 0.6) is 0 Å². The zero-order chi connectivity index (χ0) is 13.9. The topological polar surface area (TPSA) is 18.5 Å². The summed E-state index contributed by atoms with van der Waals surface area (Å²) in [5.74, 6) is 0.169. The van der Waals surface area contributed by atoms with E-state index < -0.39 is 0 Å². The van der Waals surface area contributed by atoms with Crippen LogP contribution in [0.2, 0.25) is 0 Å². The summed E-state index contributed by atoms with van der Waals surface area (Å²) in [7, 11) is 0. The molecule has 0 radical (unpaired) electrons. The molecule has 20 heavy (non-hydrogen) atoms. The van der Waals surface area contributed by atoms with Gasteiger partial charge >= 0.3 is 0 Å². The lowest BCUT2D eigenvalue weighted by molar-refractivity contribution is -0.143. The molecule has 0 saturated carbocycles. The Bertz CT molecular complexity index is 540. The van der Waals surface area contributed by atoms with Crippen LogP contribution in [-0.4, -0.2) is 19.5 Å². The van der Waals surface area contributed by atoms with E-state index in [4.69, 9.17) is 9.47 Å². The Morgan fingerprint density at radius 1 is 0.800 bits per heavy atom. The molecule has 2 nitrogen and oxygen atoms in total. The van der Waals surface area contributed by atoms with Crippen LogP contribution in [0.1, 0.15) is 30.9 Å². The number of benzene rings is 2. The zero-order valence-corrected chi connectivity index (χ0v) is 12.0. The highest BCUT2D eigenvalue weighted by Gasteiger charge is 2.34. The van der Waals surface area contributed by atoms with Gasteiger partial charge in [-0.25, -0.2) is 0 Å². The Morgan fingerprint density at radius 2 is 1.25 bits per heavy atom. The molecule has 0 saturated heterocycles. The fraction of sp³-hybridized carbons (Fsp3) is 0.333. The van der Waals surface area contributed by atoms with E-state index in [-0.39, 0.29) is 12.2 Å². The third-order valence-electron chi connectivity index (χ3n) is 3.82. The number of ether oxygens (including phenoxy) is 2. The smallest absolute Gasteiger partial charge is 0.168 e. The molecule has 0 unspecified atom stereocenters. The van der Waals surface area contributed by atoms with E-state index in [1.165, 1.54) is 22.3 Å². The van der Waals surface area contributed by atoms with E-state index in [2.05, 4.69) is 48.5 Å². The average Bonchev–Trinajstić information content (AvgIpc) is 2.82. The quantitative estimate of drug-likeness (QED) is 0.757. The Kier molecular flexibility index (Phi) is 3.86. The van der Waals surface area contributed by atoms with Gasteiger partial charge in [-0.3, -0.25) is 0 Å². The lowest BCUT2D eigenvalue weighted by Gasteiger charge is -2.25. The number of rotatable bonds is 5. The maximum Gasteiger partial charge on any atom is 0.168 e. The van der Waals surface area contributed by atoms with Crippen LogP contribution < -0.4 is 0 Å². The minimum absolute atomic E-state index is 0.169. The van der Waals surface area contributed by atoms with Gasteiger partial charge in [-0.05, 0) is 36.1 Å². The summed E-state index contributed by atoms with van der Waals surface area (Å²) in [5, 5.41) is 0. The normalized spacial score (nSPS) is 13.6. The van der Waals surface area contributed by atoms with E-state index >= 15 is 0 Å². The van der Waals surface area contributed by atoms with Crippen molar-refractivity contribution in [3.05, 3.63) is 59.7 Å². The highest BCUT2D eigenvalue weighted by Crippen LogP contribution is 2.46. The van der Waals surface area contributed by atoms with Crippen LogP contribution in [0.15, 0.2) is 48.5 Å². The minimum Gasteiger partial charge on any atom is -0.352 e. The van der Waals surface area contributed by atoms with Gasteiger partial charge in [-0.15, -0.1) is 0 Å². The zero-order valence-electron chi connectivity index (χ0n) is 12.0. The van der Waals surface area contributed by atoms with Gasteiger partial charge in [-0.1, -0.05) is 48.5 Å². The summed E-state index contributed by atoms with van der Waals surface area (Å²) in [6.07, 6.45) is -0.213. The fourth-order valence-corrected chi connectivity index (χ4v) is 3.06. The average molecular weight is 268 g/mol. The molecule has 2 aromatic rings. The van der Waals surface area contributed by atoms with E-state index in [9.17, 15) is 0 Å². The van der Waals surface area contributed by atoms with Crippen molar-refractivity contribution >= 4 is 0 Å². The molecule has 104 valence electrons. The van der Waals surface area contributed by atoms with Gasteiger partial charge in [0.1, 0.15) is 0 Å². The predicted octanol–water partition coefficient (Wildman–Crippen LogP) is 4.20. The summed E-state index contributed by atoms with van der Waals surface area (Å²) in [4.78, 5) is 0. The van der Waals surface area contributed by atoms with Crippen molar-refractivity contribution in [2.24, 2.45) is 0 Å². The van der Waals surface area contributed by atoms with E-state index in [0.717, 1.165) is 0 Å². The first-order valence-electron chi connectivity index (χ1n) is 7.28. The largest absolute Gasteiger partial charge is 0.352 e. The molecular weight excluding hydrogens is 248 g/mol. The van der Waals surface area contributed by atoms with Crippen molar-refractivity contribution in [3.63, 3.8) is 0 Å². The van der Waals surface area contributed by atoms with Crippen molar-refractivity contribution in [3.8, 4) is 11.1 Å². The molecular formula is C18H20O2. The summed E-state index contributed by atoms with van der Waals surface area (Å²) < 4.78 is 11.7. The van der Waals surface area contributed by atoms with Crippen LogP contribution in [-0.2, 0) is 9.47 Å². The molecule has 0 spiro atoms. The second-order valence-electron chi connectivity index (χ2n) is 4.93. The highest BCUT2D eigenvalue weighted by atomic mass is 16.7. The third-order valence-corrected chi connectivity index (χ3v) is 3.82. The molecule has 0 N–H and O–H groups in total. The molecule has 2 aromatic carbocycles. The molecule has 0 amide bonds. The Labute approximate surface area is 120 Å². The second kappa shape index (κ2) is 5.78. The number of hydrogen-bond donors (Lipinski definition) is 0. The van der Waals surface area contributed by atoms with Crippen LogP contribution in [0.4, 0.5) is 0 Å². The van der Waals surface area contributed by atoms with Gasteiger partial charge < -0.3 is 9.47 Å². The standard InChI is InChI=1S/C18H20O2/c1-3-19-18(20-4-2)17-15-11-7-5-9-13(15)14-10-6-8-12-16(14)17/h5-12,17-18H,3-4H2,1-2H3. The highest BCUT2D eigenvalue weighted by molar-refractivity contribution is 5.78. The first kappa shape index (κ1) is 13.3. The van der Waals surface area contributed by atoms with Crippen LogP contribution >= 0.6 is 0 Å². The van der Waals surface area contributed by atoms with Gasteiger partial charge in [0.05, 0.1) is 5.92 Å². The first-order valence-corrected chi connectivity index (χ1v) is 7.28. The van der Waals surface area contributed by atoms with Crippen molar-refractivity contribution in [2.75, 3.05) is 13.2 Å². The maximum atomic E-state index is 5.86. The molecule has 0 atom stereocenters. The van der Waals surface area contributed by atoms with Crippen LogP contribution in [0, 0.1) is 0 Å². The van der Waals surface area contributed by atoms with Crippen molar-refractivity contribution < 1.29 is 9.47 Å². The Hall–Kier alpha value is -1.64. The minimum atomic E-state index is -0.213. The lowest BCUT2D eigenvalue weighted by Crippen LogP contribution is -2.25. The van der Waals surface area contributed by atoms with E-state index in [0.29, 0.717) is 13.2 Å². The van der Waals surface area contributed by atoms with Crippen molar-refractivity contribution in [1.29, 1.82) is 0 Å². The van der Waals surface area contributed by atoms with Crippen molar-refractivity contribution in [2.45, 2.75) is 26.1 Å². The summed E-state index contributed by atoms with van der Waals surface area (Å²) in [5.41, 5.74) is 5.22. The van der Waals surface area contributed by atoms with Crippen LogP contribution in [0.3, 0.4) is 0 Å². The van der Waals surface area contributed by atoms with Gasteiger partial charge in [0.2, 0.25) is 0 Å². The molecule has 1 aliphatic carbocycles. The van der Waals surface area contributed by atoms with Gasteiger partial charge in [0.15, 0.2) is 6.29 Å². The fourth-order valence-electron chi connectivity index (χ4n) is 3.06. The summed E-state index contributed by atoms with van der Waals surface area (Å²) in [6.45, 7) is 5.34. The van der Waals surface area contributed by atoms with Gasteiger partial charge in [0, 0.05) is 13.2 Å². The van der Waals surface area contributed by atoms with E-state index in [1.807, 2.05) is 13.8 Å². The third kappa shape index (κ3) is 2.15. The summed E-state index contributed by atoms with van der Waals surface area (Å²) >= 11 is 0. The Morgan fingerprint density at radius 3 is 1.70 bits per heavy atom. The molecule has 1 aliphatic rings. The van der Waals surface area contributed by atoms with Crippen molar-refractivity contribution in [1.82, 2.24) is 0 Å². The maximum absolute atomic E-state index is 5.86. The molecule has 0 heterocycles. The molecule has 0 aliphatic heterocycles.